The van der Waals surface area contributed by atoms with Gasteiger partial charge in [-0.15, -0.1) is 5.10 Å². The van der Waals surface area contributed by atoms with E-state index >= 15 is 0 Å². The summed E-state index contributed by atoms with van der Waals surface area (Å²) in [5.41, 5.74) is 1.09. The predicted octanol–water partition coefficient (Wildman–Crippen LogP) is 1.94. The van der Waals surface area contributed by atoms with Gasteiger partial charge in [0.05, 0.1) is 0 Å². The molecule has 0 aromatic carbocycles. The van der Waals surface area contributed by atoms with Crippen LogP contribution in [-0.2, 0) is 17.9 Å². The maximum absolute atomic E-state index is 12.1. The first-order chi connectivity index (χ1) is 12.8. The number of aryl methyl sites for hydroxylation is 1. The van der Waals surface area contributed by atoms with Crippen molar-refractivity contribution in [3.05, 3.63) is 30.2 Å². The molecular weight excluding hydrogens is 330 g/mol. The van der Waals surface area contributed by atoms with Gasteiger partial charge in [-0.25, -0.2) is 9.67 Å². The van der Waals surface area contributed by atoms with Gasteiger partial charge in [0.25, 0.3) is 0 Å². The maximum atomic E-state index is 12.1. The summed E-state index contributed by atoms with van der Waals surface area (Å²) in [7, 11) is 0. The molecule has 8 heteroatoms. The molecule has 1 amide bonds. The Balaban J connectivity index is 1.50. The number of pyridine rings is 1. The van der Waals surface area contributed by atoms with E-state index in [1.54, 1.807) is 11.0 Å². The molecule has 0 aliphatic carbocycles. The molecule has 1 N–H and O–H groups in total. The van der Waals surface area contributed by atoms with Crippen LogP contribution in [0.2, 0.25) is 0 Å². The van der Waals surface area contributed by atoms with Crippen LogP contribution in [0, 0.1) is 0 Å². The third kappa shape index (κ3) is 5.50. The van der Waals surface area contributed by atoms with Gasteiger partial charge in [0, 0.05) is 44.4 Å². The molecule has 0 saturated carbocycles. The summed E-state index contributed by atoms with van der Waals surface area (Å²) in [5.74, 6) is 1.06. The number of amides is 1. The zero-order valence-electron chi connectivity index (χ0n) is 15.2. The molecule has 3 heterocycles. The van der Waals surface area contributed by atoms with Crippen LogP contribution >= 0.6 is 0 Å². The van der Waals surface area contributed by atoms with Crippen molar-refractivity contribution in [3.8, 4) is 0 Å². The molecule has 0 radical (unpaired) electrons. The summed E-state index contributed by atoms with van der Waals surface area (Å²) in [6.07, 6.45) is 10.9. The molecule has 8 nitrogen and oxygen atoms in total. The highest BCUT2D eigenvalue weighted by Crippen LogP contribution is 2.21. The number of aromatic nitrogens is 5. The van der Waals surface area contributed by atoms with Crippen molar-refractivity contribution in [2.24, 2.45) is 0 Å². The average Bonchev–Trinajstić information content (AvgIpc) is 3.14. The summed E-state index contributed by atoms with van der Waals surface area (Å²) < 4.78 is 1.63. The Kier molecular flexibility index (Phi) is 6.92. The number of carbonyl (C=O) groups excluding carboxylic acids is 1. The van der Waals surface area contributed by atoms with E-state index in [2.05, 4.69) is 36.8 Å². The van der Waals surface area contributed by atoms with Gasteiger partial charge in [-0.1, -0.05) is 25.3 Å². The van der Waals surface area contributed by atoms with Gasteiger partial charge >= 0.3 is 0 Å². The van der Waals surface area contributed by atoms with Gasteiger partial charge in [0.15, 0.2) is 0 Å². The van der Waals surface area contributed by atoms with Crippen LogP contribution in [0.3, 0.4) is 0 Å². The van der Waals surface area contributed by atoms with Gasteiger partial charge in [-0.3, -0.25) is 4.79 Å². The number of tetrazole rings is 1. The first-order valence-electron chi connectivity index (χ1n) is 9.49. The minimum atomic E-state index is 0.0422. The van der Waals surface area contributed by atoms with E-state index in [1.807, 2.05) is 12.3 Å². The Morgan fingerprint density at radius 3 is 2.73 bits per heavy atom. The van der Waals surface area contributed by atoms with E-state index < -0.39 is 0 Å². The third-order valence-electron chi connectivity index (χ3n) is 4.68. The fraction of sp³-hybridized carbons (Fsp3) is 0.611. The number of hydrogen-bond donors (Lipinski definition) is 1. The van der Waals surface area contributed by atoms with E-state index in [-0.39, 0.29) is 5.91 Å². The van der Waals surface area contributed by atoms with Crippen molar-refractivity contribution >= 4 is 11.7 Å². The Bertz CT molecular complexity index is 666. The minimum absolute atomic E-state index is 0.0422. The normalized spacial score (nSPS) is 15.3. The molecule has 0 unspecified atom stereocenters. The van der Waals surface area contributed by atoms with Crippen LogP contribution in [-0.4, -0.2) is 44.2 Å². The number of hydrogen-bond acceptors (Lipinski definition) is 6. The van der Waals surface area contributed by atoms with Crippen molar-refractivity contribution in [2.45, 2.75) is 58.0 Å². The van der Waals surface area contributed by atoms with Crippen molar-refractivity contribution in [2.75, 3.05) is 18.0 Å². The first-order valence-corrected chi connectivity index (χ1v) is 9.49. The fourth-order valence-electron chi connectivity index (χ4n) is 3.28. The molecule has 1 fully saturated rings. The van der Waals surface area contributed by atoms with E-state index in [0.717, 1.165) is 24.5 Å². The number of nitrogens with one attached hydrogen (secondary N) is 1. The summed E-state index contributed by atoms with van der Waals surface area (Å²) in [5, 5.41) is 14.0. The maximum Gasteiger partial charge on any atom is 0.220 e. The molecule has 140 valence electrons. The lowest BCUT2D eigenvalue weighted by molar-refractivity contribution is -0.121. The smallest absolute Gasteiger partial charge is 0.220 e. The lowest BCUT2D eigenvalue weighted by Crippen LogP contribution is -2.30. The van der Waals surface area contributed by atoms with Crippen molar-refractivity contribution in [3.63, 3.8) is 0 Å². The van der Waals surface area contributed by atoms with E-state index in [1.165, 1.54) is 32.1 Å². The van der Waals surface area contributed by atoms with E-state index in [0.29, 0.717) is 25.9 Å². The minimum Gasteiger partial charge on any atom is -0.356 e. The zero-order chi connectivity index (χ0) is 18.0. The van der Waals surface area contributed by atoms with Gasteiger partial charge < -0.3 is 10.2 Å². The van der Waals surface area contributed by atoms with Crippen molar-refractivity contribution in [1.82, 2.24) is 30.5 Å². The topological polar surface area (TPSA) is 88.8 Å². The van der Waals surface area contributed by atoms with Crippen LogP contribution in [0.4, 0.5) is 5.82 Å². The molecule has 2 aromatic heterocycles. The third-order valence-corrected chi connectivity index (χ3v) is 4.68. The van der Waals surface area contributed by atoms with Gasteiger partial charge in [0.2, 0.25) is 5.91 Å². The Morgan fingerprint density at radius 1 is 1.15 bits per heavy atom. The molecule has 3 rings (SSSR count). The zero-order valence-corrected chi connectivity index (χ0v) is 15.2. The van der Waals surface area contributed by atoms with Gasteiger partial charge in [0.1, 0.15) is 12.1 Å². The summed E-state index contributed by atoms with van der Waals surface area (Å²) in [6, 6.07) is 4.00. The highest BCUT2D eigenvalue weighted by atomic mass is 16.1. The largest absolute Gasteiger partial charge is 0.356 e. The highest BCUT2D eigenvalue weighted by molar-refractivity contribution is 5.76. The number of rotatable bonds is 7. The molecule has 1 aliphatic heterocycles. The molecule has 0 atom stereocenters. The van der Waals surface area contributed by atoms with Crippen molar-refractivity contribution < 1.29 is 4.79 Å². The molecule has 1 saturated heterocycles. The molecule has 2 aromatic rings. The number of anilines is 1. The summed E-state index contributed by atoms with van der Waals surface area (Å²) in [6.45, 7) is 3.25. The first kappa shape index (κ1) is 18.3. The van der Waals surface area contributed by atoms with Gasteiger partial charge in [-0.05, 0) is 35.8 Å². The lowest BCUT2D eigenvalue weighted by atomic mass is 10.1. The monoisotopic (exact) mass is 357 g/mol. The standard InChI is InChI=1S/C18H27N7O/c26-17(9-7-13-25-15-21-22-23-25)20-14-16-8-6-10-19-18(16)24-11-4-2-1-3-5-12-24/h6,8,10,15H,1-5,7,9,11-14H2,(H,20,26). The SMILES string of the molecule is O=C(CCCn1cnnn1)NCc1cccnc1N1CCCCCCC1. The number of carbonyl (C=O) groups is 1. The second-order valence-electron chi connectivity index (χ2n) is 6.69. The van der Waals surface area contributed by atoms with Crippen LogP contribution in [0.5, 0.6) is 0 Å². The lowest BCUT2D eigenvalue weighted by Gasteiger charge is -2.27. The quantitative estimate of drug-likeness (QED) is 0.814. The van der Waals surface area contributed by atoms with Crippen LogP contribution in [0.25, 0.3) is 0 Å². The Labute approximate surface area is 154 Å². The summed E-state index contributed by atoms with van der Waals surface area (Å²) in [4.78, 5) is 19.1. The predicted molar refractivity (Wildman–Crippen MR) is 98.4 cm³/mol. The molecule has 0 bridgehead atoms. The van der Waals surface area contributed by atoms with Crippen LogP contribution in [0.1, 0.15) is 50.5 Å². The van der Waals surface area contributed by atoms with E-state index in [4.69, 9.17) is 0 Å². The molecule has 26 heavy (non-hydrogen) atoms. The van der Waals surface area contributed by atoms with Crippen LogP contribution < -0.4 is 10.2 Å². The van der Waals surface area contributed by atoms with Crippen LogP contribution in [0.15, 0.2) is 24.7 Å². The fourth-order valence-corrected chi connectivity index (χ4v) is 3.28. The summed E-state index contributed by atoms with van der Waals surface area (Å²) >= 11 is 0. The Hall–Kier alpha value is -2.51. The second kappa shape index (κ2) is 9.84. The van der Waals surface area contributed by atoms with Gasteiger partial charge in [-0.2, -0.15) is 0 Å². The Morgan fingerprint density at radius 2 is 1.96 bits per heavy atom. The van der Waals surface area contributed by atoms with Crippen molar-refractivity contribution in [1.29, 1.82) is 0 Å². The molecular formula is C18H27N7O. The average molecular weight is 357 g/mol. The number of nitrogens with zero attached hydrogens (tertiary/aromatic N) is 6. The second-order valence-corrected chi connectivity index (χ2v) is 6.69. The molecule has 0 spiro atoms. The molecule has 1 aliphatic rings. The highest BCUT2D eigenvalue weighted by Gasteiger charge is 2.14. The van der Waals surface area contributed by atoms with E-state index in [9.17, 15) is 4.79 Å².